The standard InChI is InChI=1S/C49H47N3.C5H8/c1-5-12-30(3)36(13-6-2)32-18-22-44-40(26-32)42-28-34-16-17-35-29-43-41-27-33(37-15-9-8-14-31(37)4)19-23-45(41)52(25-11-7-10-24-50)49(43)39-21-20-38(48(42)51-44)46(34)47(35)39;1-3-5-4-2/h7-15,18-19,22-24,26-29,51H,5-6,16-17,20-21,25,50H2,1-4H3;3-5H,1H2,2H3/b11-7-,24-10-,30-12-,36-13+;5-4-. The lowest BCUT2D eigenvalue weighted by molar-refractivity contribution is 0.859. The molecule has 2 aromatic heterocycles. The second-order valence-corrected chi connectivity index (χ2v) is 15.5. The number of aromatic nitrogens is 2. The summed E-state index contributed by atoms with van der Waals surface area (Å²) in [5.74, 6) is 0. The summed E-state index contributed by atoms with van der Waals surface area (Å²) in [5.41, 5.74) is 27.9. The Hall–Kier alpha value is -6.06. The molecule has 2 heterocycles. The van der Waals surface area contributed by atoms with Gasteiger partial charge in [0.1, 0.15) is 0 Å². The fourth-order valence-corrected chi connectivity index (χ4v) is 9.60. The number of hydrogen-bond donors (Lipinski definition) is 2. The molecule has 57 heavy (non-hydrogen) atoms. The van der Waals surface area contributed by atoms with Crippen molar-refractivity contribution >= 4 is 49.2 Å². The molecule has 0 spiro atoms. The summed E-state index contributed by atoms with van der Waals surface area (Å²) in [4.78, 5) is 3.93. The first kappa shape index (κ1) is 37.8. The van der Waals surface area contributed by atoms with Crippen molar-refractivity contribution < 1.29 is 0 Å². The first-order chi connectivity index (χ1) is 27.9. The van der Waals surface area contributed by atoms with Gasteiger partial charge >= 0.3 is 0 Å². The zero-order valence-electron chi connectivity index (χ0n) is 34.3. The number of allylic oxidation sites excluding steroid dienone is 10. The molecule has 0 saturated carbocycles. The van der Waals surface area contributed by atoms with Gasteiger partial charge in [0.25, 0.3) is 0 Å². The molecule has 286 valence electrons. The van der Waals surface area contributed by atoms with E-state index in [0.29, 0.717) is 0 Å². The van der Waals surface area contributed by atoms with Crippen molar-refractivity contribution in [1.82, 2.24) is 9.55 Å². The highest BCUT2D eigenvalue weighted by atomic mass is 15.0. The lowest BCUT2D eigenvalue weighted by Gasteiger charge is -2.31. The number of benzene rings is 5. The van der Waals surface area contributed by atoms with Crippen LogP contribution in [0.1, 0.15) is 73.9 Å². The van der Waals surface area contributed by atoms with Crippen molar-refractivity contribution in [3.63, 3.8) is 0 Å². The normalized spacial score (nSPS) is 14.1. The molecule has 3 heteroatoms. The van der Waals surface area contributed by atoms with Crippen molar-refractivity contribution in [3.05, 3.63) is 173 Å². The summed E-state index contributed by atoms with van der Waals surface area (Å²) >= 11 is 0. The topological polar surface area (TPSA) is 46.7 Å². The predicted molar refractivity (Wildman–Crippen MR) is 249 cm³/mol. The molecule has 0 bridgehead atoms. The molecular weight excluding hydrogens is 691 g/mol. The van der Waals surface area contributed by atoms with Crippen molar-refractivity contribution in [1.29, 1.82) is 0 Å². The number of rotatable bonds is 9. The van der Waals surface area contributed by atoms with Crippen molar-refractivity contribution in [2.75, 3.05) is 0 Å². The number of aryl methyl sites for hydroxylation is 5. The third kappa shape index (κ3) is 6.69. The number of aromatic amines is 1. The van der Waals surface area contributed by atoms with Crippen LogP contribution in [-0.4, -0.2) is 9.55 Å². The Kier molecular flexibility index (Phi) is 10.8. The van der Waals surface area contributed by atoms with E-state index in [9.17, 15) is 0 Å². The minimum atomic E-state index is 0.796. The molecule has 3 N–H and O–H groups in total. The third-order valence-corrected chi connectivity index (χ3v) is 12.0. The maximum atomic E-state index is 5.70. The van der Waals surface area contributed by atoms with E-state index in [0.717, 1.165) is 45.1 Å². The molecule has 0 atom stereocenters. The summed E-state index contributed by atoms with van der Waals surface area (Å²) in [6.07, 6.45) is 24.4. The summed E-state index contributed by atoms with van der Waals surface area (Å²) in [5, 5.41) is 5.45. The minimum Gasteiger partial charge on any atom is -0.405 e. The highest BCUT2D eigenvalue weighted by Gasteiger charge is 2.31. The number of hydrogen-bond acceptors (Lipinski definition) is 1. The molecule has 3 nitrogen and oxygen atoms in total. The minimum absolute atomic E-state index is 0.796. The van der Waals surface area contributed by atoms with Crippen LogP contribution in [-0.2, 0) is 32.2 Å². The molecule has 0 unspecified atom stereocenters. The Morgan fingerprint density at radius 3 is 2.26 bits per heavy atom. The number of H-pyrrole nitrogens is 1. The Morgan fingerprint density at radius 2 is 1.54 bits per heavy atom. The van der Waals surface area contributed by atoms with Gasteiger partial charge in [0.15, 0.2) is 0 Å². The SMILES string of the molecule is C=C/C=C\C.CC/C=C(C)\C(=C/CC)c1ccc2[nH]c3c4c5c(cc3c2c1)CCc1cc2c3cc(-c6ccccc6C)ccc3n(C/C=C\C=C/N)c2c(c1-5)CC4. The average molecular weight is 746 g/mol. The lowest BCUT2D eigenvalue weighted by atomic mass is 9.74. The Labute approximate surface area is 338 Å². The van der Waals surface area contributed by atoms with Crippen LogP contribution in [0.5, 0.6) is 0 Å². The van der Waals surface area contributed by atoms with E-state index in [-0.39, 0.29) is 0 Å². The molecular formula is C54H55N3. The van der Waals surface area contributed by atoms with Crippen LogP contribution < -0.4 is 5.73 Å². The van der Waals surface area contributed by atoms with Crippen LogP contribution >= 0.6 is 0 Å². The van der Waals surface area contributed by atoms with Gasteiger partial charge in [0, 0.05) is 39.1 Å². The van der Waals surface area contributed by atoms with Crippen molar-refractivity contribution in [3.8, 4) is 22.3 Å². The van der Waals surface area contributed by atoms with Gasteiger partial charge in [0.05, 0.1) is 11.0 Å². The van der Waals surface area contributed by atoms with Gasteiger partial charge in [-0.2, -0.15) is 0 Å². The van der Waals surface area contributed by atoms with Crippen LogP contribution in [0.2, 0.25) is 0 Å². The third-order valence-electron chi connectivity index (χ3n) is 12.0. The van der Waals surface area contributed by atoms with E-state index in [2.05, 4.69) is 141 Å². The van der Waals surface area contributed by atoms with Crippen LogP contribution in [0, 0.1) is 6.92 Å². The lowest BCUT2D eigenvalue weighted by Crippen LogP contribution is -2.15. The first-order valence-electron chi connectivity index (χ1n) is 20.8. The maximum Gasteiger partial charge on any atom is 0.0533 e. The van der Waals surface area contributed by atoms with Gasteiger partial charge < -0.3 is 15.3 Å². The summed E-state index contributed by atoms with van der Waals surface area (Å²) in [6.45, 7) is 15.1. The number of nitrogens with two attached hydrogens (primary N) is 1. The molecule has 0 saturated heterocycles. The van der Waals surface area contributed by atoms with Gasteiger partial charge in [-0.25, -0.2) is 0 Å². The monoisotopic (exact) mass is 745 g/mol. The maximum absolute atomic E-state index is 5.70. The zero-order valence-corrected chi connectivity index (χ0v) is 34.3. The molecule has 0 aliphatic heterocycles. The Balaban J connectivity index is 0.000000859. The quantitative estimate of drug-likeness (QED) is 0.142. The first-order valence-corrected chi connectivity index (χ1v) is 20.8. The molecule has 7 aromatic rings. The van der Waals surface area contributed by atoms with Crippen molar-refractivity contribution in [2.24, 2.45) is 5.73 Å². The predicted octanol–water partition coefficient (Wildman–Crippen LogP) is 14.2. The van der Waals surface area contributed by atoms with E-state index in [4.69, 9.17) is 5.73 Å². The van der Waals surface area contributed by atoms with Gasteiger partial charge in [-0.05, 0) is 175 Å². The van der Waals surface area contributed by atoms with Crippen molar-refractivity contribution in [2.45, 2.75) is 79.7 Å². The van der Waals surface area contributed by atoms with Gasteiger partial charge in [0.2, 0.25) is 0 Å². The van der Waals surface area contributed by atoms with Gasteiger partial charge in [-0.1, -0.05) is 99.4 Å². The Morgan fingerprint density at radius 1 is 0.789 bits per heavy atom. The second kappa shape index (κ2) is 16.2. The van der Waals surface area contributed by atoms with Crippen LogP contribution in [0.3, 0.4) is 0 Å². The van der Waals surface area contributed by atoms with E-state index in [1.165, 1.54) is 110 Å². The molecule has 0 radical (unpaired) electrons. The fraction of sp³-hybridized carbons (Fsp3) is 0.222. The zero-order chi connectivity index (χ0) is 39.6. The number of nitrogens with zero attached hydrogens (tertiary/aromatic N) is 1. The molecule has 2 aliphatic carbocycles. The average Bonchev–Trinajstić information content (AvgIpc) is 3.75. The van der Waals surface area contributed by atoms with E-state index in [1.54, 1.807) is 12.3 Å². The number of nitrogens with one attached hydrogen (secondary N) is 1. The van der Waals surface area contributed by atoms with E-state index >= 15 is 0 Å². The molecule has 0 fully saturated rings. The fourth-order valence-electron chi connectivity index (χ4n) is 9.60. The molecule has 0 amide bonds. The van der Waals surface area contributed by atoms with Gasteiger partial charge in [-0.3, -0.25) is 0 Å². The highest BCUT2D eigenvalue weighted by Crippen LogP contribution is 2.50. The van der Waals surface area contributed by atoms with Crippen LogP contribution in [0.4, 0.5) is 0 Å². The number of fused-ring (bicyclic) bond motifs is 8. The van der Waals surface area contributed by atoms with Crippen LogP contribution in [0.25, 0.3) is 71.4 Å². The smallest absolute Gasteiger partial charge is 0.0533 e. The van der Waals surface area contributed by atoms with E-state index < -0.39 is 0 Å². The van der Waals surface area contributed by atoms with Gasteiger partial charge in [-0.15, -0.1) is 0 Å². The summed E-state index contributed by atoms with van der Waals surface area (Å²) in [6, 6.07) is 28.0. The largest absolute Gasteiger partial charge is 0.405 e. The molecule has 2 aliphatic rings. The molecule has 9 rings (SSSR count). The Bertz CT molecular complexity index is 2840. The summed E-state index contributed by atoms with van der Waals surface area (Å²) in [7, 11) is 0. The summed E-state index contributed by atoms with van der Waals surface area (Å²) < 4.78 is 2.56. The van der Waals surface area contributed by atoms with Crippen LogP contribution in [0.15, 0.2) is 140 Å². The highest BCUT2D eigenvalue weighted by molar-refractivity contribution is 6.15. The second-order valence-electron chi connectivity index (χ2n) is 15.5. The molecule has 5 aromatic carbocycles. The van der Waals surface area contributed by atoms with E-state index in [1.807, 2.05) is 25.2 Å².